The highest BCUT2D eigenvalue weighted by atomic mass is 16.3. The SMILES string of the molecule is CNC(=O)C1CC(O)CN1C(=O)[C@@H](n1cc(CNC(=O)Nc2cccc(C#N)c2)nn1)C(C)(C)C. The van der Waals surface area contributed by atoms with Crippen molar-refractivity contribution < 1.29 is 19.5 Å². The van der Waals surface area contributed by atoms with Crippen molar-refractivity contribution in [1.29, 1.82) is 5.26 Å². The van der Waals surface area contributed by atoms with Crippen LogP contribution in [0, 0.1) is 16.7 Å². The third kappa shape index (κ3) is 6.13. The summed E-state index contributed by atoms with van der Waals surface area (Å²) in [7, 11) is 1.49. The first-order valence-corrected chi connectivity index (χ1v) is 11.2. The van der Waals surface area contributed by atoms with Gasteiger partial charge >= 0.3 is 6.03 Å². The van der Waals surface area contributed by atoms with Crippen molar-refractivity contribution in [2.24, 2.45) is 5.41 Å². The van der Waals surface area contributed by atoms with Crippen molar-refractivity contribution in [1.82, 2.24) is 30.5 Å². The highest BCUT2D eigenvalue weighted by Crippen LogP contribution is 2.34. The van der Waals surface area contributed by atoms with Gasteiger partial charge in [0, 0.05) is 25.7 Å². The molecule has 1 fully saturated rings. The molecule has 0 spiro atoms. The van der Waals surface area contributed by atoms with Gasteiger partial charge in [-0.25, -0.2) is 9.48 Å². The molecule has 0 radical (unpaired) electrons. The van der Waals surface area contributed by atoms with E-state index < -0.39 is 29.6 Å². The van der Waals surface area contributed by atoms with E-state index in [0.29, 0.717) is 16.9 Å². The Balaban J connectivity index is 1.71. The summed E-state index contributed by atoms with van der Waals surface area (Å²) in [5.41, 5.74) is 0.742. The summed E-state index contributed by atoms with van der Waals surface area (Å²) in [6.45, 7) is 5.73. The van der Waals surface area contributed by atoms with Crippen molar-refractivity contribution >= 4 is 23.5 Å². The third-order valence-electron chi connectivity index (χ3n) is 5.67. The highest BCUT2D eigenvalue weighted by Gasteiger charge is 2.45. The van der Waals surface area contributed by atoms with E-state index in [9.17, 15) is 19.5 Å². The van der Waals surface area contributed by atoms with Gasteiger partial charge in [-0.05, 0) is 23.6 Å². The normalized spacial score (nSPS) is 18.5. The summed E-state index contributed by atoms with van der Waals surface area (Å²) in [6, 6.07) is 6.48. The van der Waals surface area contributed by atoms with Crippen molar-refractivity contribution in [2.75, 3.05) is 18.9 Å². The van der Waals surface area contributed by atoms with Crippen molar-refractivity contribution in [2.45, 2.75) is 51.9 Å². The second-order valence-electron chi connectivity index (χ2n) is 9.47. The summed E-state index contributed by atoms with van der Waals surface area (Å²) in [6.07, 6.45) is 0.956. The fourth-order valence-electron chi connectivity index (χ4n) is 4.04. The number of nitrogens with one attached hydrogen (secondary N) is 3. The minimum absolute atomic E-state index is 0.0537. The highest BCUT2D eigenvalue weighted by molar-refractivity contribution is 5.90. The first-order valence-electron chi connectivity index (χ1n) is 11.2. The van der Waals surface area contributed by atoms with Crippen LogP contribution in [-0.2, 0) is 16.1 Å². The summed E-state index contributed by atoms with van der Waals surface area (Å²) >= 11 is 0. The van der Waals surface area contributed by atoms with E-state index in [1.54, 1.807) is 30.5 Å². The summed E-state index contributed by atoms with van der Waals surface area (Å²) < 4.78 is 1.43. The smallest absolute Gasteiger partial charge is 0.319 e. The minimum Gasteiger partial charge on any atom is -0.391 e. The lowest BCUT2D eigenvalue weighted by atomic mass is 9.85. The van der Waals surface area contributed by atoms with Crippen molar-refractivity contribution in [3.8, 4) is 6.07 Å². The monoisotopic (exact) mass is 482 g/mol. The number of β-amino-alcohol motifs (C(OH)–C–C–N with tert-alkyl or cyclic N) is 1. The summed E-state index contributed by atoms with van der Waals surface area (Å²) in [5.74, 6) is -0.681. The number of carbonyl (C=O) groups is 3. The molecule has 1 saturated heterocycles. The van der Waals surface area contributed by atoms with Crippen LogP contribution in [0.3, 0.4) is 0 Å². The van der Waals surface area contributed by atoms with Gasteiger partial charge in [0.2, 0.25) is 11.8 Å². The molecule has 1 aromatic carbocycles. The summed E-state index contributed by atoms with van der Waals surface area (Å²) in [5, 5.41) is 35.1. The van der Waals surface area contributed by atoms with Crippen LogP contribution in [0.2, 0.25) is 0 Å². The molecule has 4 N–H and O–H groups in total. The molecule has 2 heterocycles. The summed E-state index contributed by atoms with van der Waals surface area (Å²) in [4.78, 5) is 39.5. The molecule has 2 aromatic rings. The fraction of sp³-hybridized carbons (Fsp3) is 0.478. The maximum atomic E-state index is 13.5. The zero-order valence-corrected chi connectivity index (χ0v) is 20.1. The van der Waals surface area contributed by atoms with Crippen LogP contribution in [0.15, 0.2) is 30.5 Å². The quantitative estimate of drug-likeness (QED) is 0.472. The molecule has 12 nitrogen and oxygen atoms in total. The van der Waals surface area contributed by atoms with Crippen LogP contribution < -0.4 is 16.0 Å². The molecule has 35 heavy (non-hydrogen) atoms. The number of amides is 4. The number of benzene rings is 1. The van der Waals surface area contributed by atoms with E-state index in [-0.39, 0.29) is 31.3 Å². The second-order valence-corrected chi connectivity index (χ2v) is 9.47. The standard InChI is InChI=1S/C23H30N8O4/c1-23(2,3)19(21(34)30-13-17(32)9-18(30)20(33)25-4)31-12-16(28-29-31)11-26-22(35)27-15-7-5-6-14(8-15)10-24/h5-8,12,17-19,32H,9,11,13H2,1-4H3,(H,25,33)(H2,26,27,35)/t17?,18?,19-/m1/s1. The van der Waals surface area contributed by atoms with Gasteiger partial charge in [-0.3, -0.25) is 9.59 Å². The largest absolute Gasteiger partial charge is 0.391 e. The van der Waals surface area contributed by atoms with Crippen LogP contribution in [0.5, 0.6) is 0 Å². The first-order chi connectivity index (χ1) is 16.5. The van der Waals surface area contributed by atoms with E-state index in [4.69, 9.17) is 5.26 Å². The molecule has 3 atom stereocenters. The zero-order valence-electron chi connectivity index (χ0n) is 20.1. The number of rotatable bonds is 6. The number of nitrogens with zero attached hydrogens (tertiary/aromatic N) is 5. The molecule has 0 saturated carbocycles. The number of anilines is 1. The zero-order chi connectivity index (χ0) is 25.8. The maximum Gasteiger partial charge on any atom is 0.319 e. The number of aliphatic hydroxyl groups excluding tert-OH is 1. The molecular weight excluding hydrogens is 452 g/mol. The molecule has 0 bridgehead atoms. The number of aliphatic hydroxyl groups is 1. The molecule has 3 rings (SSSR count). The van der Waals surface area contributed by atoms with Crippen molar-refractivity contribution in [3.63, 3.8) is 0 Å². The number of likely N-dealkylation sites (N-methyl/N-ethyl adjacent to an activating group) is 1. The lowest BCUT2D eigenvalue weighted by Gasteiger charge is -2.34. The lowest BCUT2D eigenvalue weighted by Crippen LogP contribution is -2.49. The molecule has 4 amide bonds. The van der Waals surface area contributed by atoms with E-state index in [1.165, 1.54) is 16.6 Å². The van der Waals surface area contributed by atoms with Gasteiger partial charge in [-0.2, -0.15) is 5.26 Å². The Morgan fingerprint density at radius 2 is 2.06 bits per heavy atom. The molecule has 186 valence electrons. The number of carbonyl (C=O) groups excluding carboxylic acids is 3. The average molecular weight is 483 g/mol. The Morgan fingerprint density at radius 3 is 2.71 bits per heavy atom. The van der Waals surface area contributed by atoms with Gasteiger partial charge in [0.15, 0.2) is 0 Å². The topological polar surface area (TPSA) is 165 Å². The van der Waals surface area contributed by atoms with Gasteiger partial charge < -0.3 is 26.0 Å². The molecule has 1 aromatic heterocycles. The number of likely N-dealkylation sites (tertiary alicyclic amines) is 1. The van der Waals surface area contributed by atoms with Gasteiger partial charge in [-0.1, -0.05) is 32.1 Å². The number of nitriles is 1. The number of hydrogen-bond acceptors (Lipinski definition) is 7. The van der Waals surface area contributed by atoms with Crippen molar-refractivity contribution in [3.05, 3.63) is 41.7 Å². The van der Waals surface area contributed by atoms with Gasteiger partial charge in [0.05, 0.1) is 30.5 Å². The molecule has 0 aliphatic carbocycles. The van der Waals surface area contributed by atoms with E-state index in [2.05, 4.69) is 26.3 Å². The Morgan fingerprint density at radius 1 is 1.31 bits per heavy atom. The minimum atomic E-state index is -0.788. The number of aromatic nitrogens is 3. The van der Waals surface area contributed by atoms with E-state index in [0.717, 1.165) is 0 Å². The predicted molar refractivity (Wildman–Crippen MR) is 126 cm³/mol. The Labute approximate surface area is 203 Å². The van der Waals surface area contributed by atoms with E-state index >= 15 is 0 Å². The van der Waals surface area contributed by atoms with Crippen LogP contribution in [0.4, 0.5) is 10.5 Å². The maximum absolute atomic E-state index is 13.5. The third-order valence-corrected chi connectivity index (χ3v) is 5.67. The second kappa shape index (κ2) is 10.5. The average Bonchev–Trinajstić information content (AvgIpc) is 3.43. The molecule has 1 aliphatic rings. The fourth-order valence-corrected chi connectivity index (χ4v) is 4.04. The van der Waals surface area contributed by atoms with Crippen LogP contribution in [-0.4, -0.2) is 68.6 Å². The van der Waals surface area contributed by atoms with E-state index in [1.807, 2.05) is 26.8 Å². The van der Waals surface area contributed by atoms with Gasteiger partial charge in [-0.15, -0.1) is 5.10 Å². The Kier molecular flexibility index (Phi) is 7.71. The molecular formula is C23H30N8O4. The molecule has 1 aliphatic heterocycles. The lowest BCUT2D eigenvalue weighted by molar-refractivity contribution is -0.144. The Hall–Kier alpha value is -3.98. The predicted octanol–water partition coefficient (Wildman–Crippen LogP) is 0.766. The first kappa shape index (κ1) is 25.6. The van der Waals surface area contributed by atoms with Crippen LogP contribution in [0.1, 0.15) is 44.5 Å². The van der Waals surface area contributed by atoms with Crippen LogP contribution >= 0.6 is 0 Å². The van der Waals surface area contributed by atoms with Gasteiger partial charge in [0.25, 0.3) is 0 Å². The van der Waals surface area contributed by atoms with Crippen LogP contribution in [0.25, 0.3) is 0 Å². The van der Waals surface area contributed by atoms with Gasteiger partial charge in [0.1, 0.15) is 17.8 Å². The molecule has 12 heteroatoms. The number of hydrogen-bond donors (Lipinski definition) is 4. The number of urea groups is 1. The molecule has 2 unspecified atom stereocenters. The Bertz CT molecular complexity index is 1130.